The van der Waals surface area contributed by atoms with Crippen molar-refractivity contribution in [3.8, 4) is 17.2 Å². The third kappa shape index (κ3) is 6.91. The first-order valence-corrected chi connectivity index (χ1v) is 10.5. The van der Waals surface area contributed by atoms with E-state index in [9.17, 15) is 9.59 Å². The minimum absolute atomic E-state index is 0.163. The zero-order valence-corrected chi connectivity index (χ0v) is 18.7. The van der Waals surface area contributed by atoms with E-state index in [1.165, 1.54) is 0 Å². The Balaban J connectivity index is 2.21. The first kappa shape index (κ1) is 24.1. The van der Waals surface area contributed by atoms with Crippen LogP contribution in [0.15, 0.2) is 48.5 Å². The Kier molecular flexibility index (Phi) is 9.68. The lowest BCUT2D eigenvalue weighted by molar-refractivity contribution is -0.143. The van der Waals surface area contributed by atoms with Crippen LogP contribution < -0.4 is 19.5 Å². The van der Waals surface area contributed by atoms with Crippen LogP contribution >= 0.6 is 0 Å². The first-order chi connectivity index (χ1) is 15.0. The average molecular weight is 429 g/mol. The SMILES string of the molecule is CCCNC(=O)[C@H](CC)N(Cc1ccc(OC)cc1)C(=O)COc1ccccc1OC. The summed E-state index contributed by atoms with van der Waals surface area (Å²) >= 11 is 0. The van der Waals surface area contributed by atoms with E-state index in [1.54, 1.807) is 31.3 Å². The molecule has 0 heterocycles. The van der Waals surface area contributed by atoms with Gasteiger partial charge in [-0.15, -0.1) is 0 Å². The first-order valence-electron chi connectivity index (χ1n) is 10.5. The van der Waals surface area contributed by atoms with Gasteiger partial charge in [-0.1, -0.05) is 38.1 Å². The molecular formula is C24H32N2O5. The van der Waals surface area contributed by atoms with Crippen molar-refractivity contribution < 1.29 is 23.8 Å². The van der Waals surface area contributed by atoms with Crippen molar-refractivity contribution in [1.29, 1.82) is 0 Å². The number of nitrogens with zero attached hydrogens (tertiary/aromatic N) is 1. The third-order valence-corrected chi connectivity index (χ3v) is 4.87. The van der Waals surface area contributed by atoms with Crippen molar-refractivity contribution in [2.75, 3.05) is 27.4 Å². The molecule has 1 atom stereocenters. The molecule has 0 aromatic heterocycles. The number of benzene rings is 2. The largest absolute Gasteiger partial charge is 0.497 e. The number of para-hydroxylation sites is 2. The van der Waals surface area contributed by atoms with Gasteiger partial charge in [-0.25, -0.2) is 0 Å². The number of carbonyl (C=O) groups excluding carboxylic acids is 2. The van der Waals surface area contributed by atoms with Crippen molar-refractivity contribution in [3.05, 3.63) is 54.1 Å². The summed E-state index contributed by atoms with van der Waals surface area (Å²) in [5.41, 5.74) is 0.896. The number of rotatable bonds is 12. The van der Waals surface area contributed by atoms with Gasteiger partial charge >= 0.3 is 0 Å². The molecule has 2 rings (SSSR count). The maximum absolute atomic E-state index is 13.2. The number of methoxy groups -OCH3 is 2. The Morgan fingerprint density at radius 3 is 2.23 bits per heavy atom. The molecule has 0 saturated carbocycles. The molecule has 0 aliphatic carbocycles. The standard InChI is InChI=1S/C24H32N2O5/c1-5-15-25-24(28)20(6-2)26(16-18-11-13-19(29-3)14-12-18)23(27)17-31-22-10-8-7-9-21(22)30-4/h7-14,20H,5-6,15-17H2,1-4H3,(H,25,28)/t20-/m0/s1. The minimum Gasteiger partial charge on any atom is -0.497 e. The van der Waals surface area contributed by atoms with E-state index in [0.717, 1.165) is 17.7 Å². The Bertz CT molecular complexity index is 838. The molecule has 0 aliphatic heterocycles. The van der Waals surface area contributed by atoms with E-state index in [1.807, 2.05) is 50.2 Å². The molecule has 168 valence electrons. The van der Waals surface area contributed by atoms with Crippen LogP contribution in [0, 0.1) is 0 Å². The van der Waals surface area contributed by atoms with Gasteiger partial charge in [0, 0.05) is 13.1 Å². The zero-order chi connectivity index (χ0) is 22.6. The fourth-order valence-electron chi connectivity index (χ4n) is 3.17. The van der Waals surface area contributed by atoms with E-state index in [2.05, 4.69) is 5.32 Å². The number of carbonyl (C=O) groups is 2. The van der Waals surface area contributed by atoms with Crippen LogP contribution in [0.1, 0.15) is 32.3 Å². The molecule has 0 aliphatic rings. The van der Waals surface area contributed by atoms with Crippen LogP contribution in [0.2, 0.25) is 0 Å². The normalized spacial score (nSPS) is 11.4. The van der Waals surface area contributed by atoms with Crippen LogP contribution in [0.25, 0.3) is 0 Å². The Labute approximate surface area is 184 Å². The van der Waals surface area contributed by atoms with Gasteiger partial charge in [-0.05, 0) is 42.7 Å². The number of hydrogen-bond acceptors (Lipinski definition) is 5. The fraction of sp³-hybridized carbons (Fsp3) is 0.417. The summed E-state index contributed by atoms with van der Waals surface area (Å²) in [5.74, 6) is 1.31. The fourth-order valence-corrected chi connectivity index (χ4v) is 3.17. The second-order valence-corrected chi connectivity index (χ2v) is 7.02. The third-order valence-electron chi connectivity index (χ3n) is 4.87. The van der Waals surface area contributed by atoms with Crippen molar-refractivity contribution in [1.82, 2.24) is 10.2 Å². The maximum Gasteiger partial charge on any atom is 0.261 e. The summed E-state index contributed by atoms with van der Waals surface area (Å²) in [6.07, 6.45) is 1.32. The molecular weight excluding hydrogens is 396 g/mol. The van der Waals surface area contributed by atoms with E-state index in [-0.39, 0.29) is 25.0 Å². The molecule has 2 amide bonds. The number of hydrogen-bond donors (Lipinski definition) is 1. The smallest absolute Gasteiger partial charge is 0.261 e. The van der Waals surface area contributed by atoms with Gasteiger partial charge in [0.05, 0.1) is 14.2 Å². The van der Waals surface area contributed by atoms with E-state index in [4.69, 9.17) is 14.2 Å². The van der Waals surface area contributed by atoms with Crippen molar-refractivity contribution >= 4 is 11.8 Å². The molecule has 0 saturated heterocycles. The quantitative estimate of drug-likeness (QED) is 0.561. The Morgan fingerprint density at radius 2 is 1.65 bits per heavy atom. The molecule has 2 aromatic rings. The maximum atomic E-state index is 13.2. The van der Waals surface area contributed by atoms with E-state index in [0.29, 0.717) is 24.5 Å². The minimum atomic E-state index is -0.595. The molecule has 7 nitrogen and oxygen atoms in total. The predicted molar refractivity (Wildman–Crippen MR) is 119 cm³/mol. The van der Waals surface area contributed by atoms with Gasteiger partial charge in [-0.3, -0.25) is 9.59 Å². The van der Waals surface area contributed by atoms with Crippen LogP contribution in [-0.4, -0.2) is 50.1 Å². The van der Waals surface area contributed by atoms with E-state index < -0.39 is 6.04 Å². The monoisotopic (exact) mass is 428 g/mol. The van der Waals surface area contributed by atoms with Gasteiger partial charge in [0.25, 0.3) is 5.91 Å². The highest BCUT2D eigenvalue weighted by atomic mass is 16.5. The molecule has 7 heteroatoms. The summed E-state index contributed by atoms with van der Waals surface area (Å²) < 4.78 is 16.2. The lowest BCUT2D eigenvalue weighted by atomic mass is 10.1. The summed E-state index contributed by atoms with van der Waals surface area (Å²) in [6.45, 7) is 4.54. The van der Waals surface area contributed by atoms with Crippen LogP contribution in [0.3, 0.4) is 0 Å². The van der Waals surface area contributed by atoms with Crippen LogP contribution in [0.5, 0.6) is 17.2 Å². The molecule has 2 aromatic carbocycles. The van der Waals surface area contributed by atoms with Gasteiger partial charge in [0.15, 0.2) is 18.1 Å². The second-order valence-electron chi connectivity index (χ2n) is 7.02. The summed E-state index contributed by atoms with van der Waals surface area (Å²) in [4.78, 5) is 27.5. The number of ether oxygens (including phenoxy) is 3. The molecule has 31 heavy (non-hydrogen) atoms. The number of amides is 2. The highest BCUT2D eigenvalue weighted by molar-refractivity contribution is 5.88. The van der Waals surface area contributed by atoms with Gasteiger partial charge in [0.2, 0.25) is 5.91 Å². The molecule has 0 spiro atoms. The molecule has 0 radical (unpaired) electrons. The summed E-state index contributed by atoms with van der Waals surface area (Å²) in [7, 11) is 3.15. The summed E-state index contributed by atoms with van der Waals surface area (Å²) in [6, 6.07) is 14.0. The molecule has 0 bridgehead atoms. The highest BCUT2D eigenvalue weighted by Gasteiger charge is 2.29. The lowest BCUT2D eigenvalue weighted by Crippen LogP contribution is -2.50. The van der Waals surface area contributed by atoms with Crippen LogP contribution in [-0.2, 0) is 16.1 Å². The van der Waals surface area contributed by atoms with Crippen molar-refractivity contribution in [2.24, 2.45) is 0 Å². The van der Waals surface area contributed by atoms with Crippen molar-refractivity contribution in [2.45, 2.75) is 39.3 Å². The Morgan fingerprint density at radius 1 is 0.968 bits per heavy atom. The van der Waals surface area contributed by atoms with Crippen LogP contribution in [0.4, 0.5) is 0 Å². The van der Waals surface area contributed by atoms with Crippen molar-refractivity contribution in [3.63, 3.8) is 0 Å². The second kappa shape index (κ2) is 12.5. The van der Waals surface area contributed by atoms with E-state index >= 15 is 0 Å². The van der Waals surface area contributed by atoms with Gasteiger partial charge in [0.1, 0.15) is 11.8 Å². The Hall–Kier alpha value is -3.22. The summed E-state index contributed by atoms with van der Waals surface area (Å²) in [5, 5.41) is 2.90. The van der Waals surface area contributed by atoms with Gasteiger partial charge in [-0.2, -0.15) is 0 Å². The topological polar surface area (TPSA) is 77.1 Å². The lowest BCUT2D eigenvalue weighted by Gasteiger charge is -2.30. The average Bonchev–Trinajstić information content (AvgIpc) is 2.81. The molecule has 0 fully saturated rings. The molecule has 1 N–H and O–H groups in total. The predicted octanol–water partition coefficient (Wildman–Crippen LogP) is 3.42. The highest BCUT2D eigenvalue weighted by Crippen LogP contribution is 2.26. The zero-order valence-electron chi connectivity index (χ0n) is 18.7. The molecule has 0 unspecified atom stereocenters. The van der Waals surface area contributed by atoms with Gasteiger partial charge < -0.3 is 24.4 Å². The number of nitrogens with one attached hydrogen (secondary N) is 1.